The van der Waals surface area contributed by atoms with Gasteiger partial charge in [-0.25, -0.2) is 9.37 Å². The highest BCUT2D eigenvalue weighted by Gasteiger charge is 2.13. The minimum atomic E-state index is -0.706. The lowest BCUT2D eigenvalue weighted by molar-refractivity contribution is 0.174. The molecule has 0 amide bonds. The summed E-state index contributed by atoms with van der Waals surface area (Å²) in [5.74, 6) is -0.214. The van der Waals surface area contributed by atoms with Crippen LogP contribution in [0.3, 0.4) is 0 Å². The number of halogens is 1. The minimum absolute atomic E-state index is 0.206. The zero-order valence-electron chi connectivity index (χ0n) is 10.2. The maximum atomic E-state index is 13.5. The van der Waals surface area contributed by atoms with E-state index in [9.17, 15) is 9.50 Å². The number of hydrogen-bond donors (Lipinski definition) is 1. The lowest BCUT2D eigenvalue weighted by Crippen LogP contribution is -2.03. The van der Waals surface area contributed by atoms with Gasteiger partial charge in [-0.05, 0) is 24.6 Å². The fourth-order valence-electron chi connectivity index (χ4n) is 1.70. The molecule has 96 valence electrons. The molecule has 0 spiro atoms. The Morgan fingerprint density at radius 3 is 2.83 bits per heavy atom. The molecule has 0 fully saturated rings. The molecule has 0 aliphatic rings. The number of aliphatic hydroxyl groups excluding tert-OH is 1. The van der Waals surface area contributed by atoms with E-state index >= 15 is 0 Å². The molecule has 18 heavy (non-hydrogen) atoms. The Bertz CT molecular complexity index is 542. The third-order valence-electron chi connectivity index (χ3n) is 2.62. The van der Waals surface area contributed by atoms with Gasteiger partial charge in [-0.3, -0.25) is 0 Å². The van der Waals surface area contributed by atoms with Crippen LogP contribution in [0.25, 0.3) is 0 Å². The van der Waals surface area contributed by atoms with E-state index in [1.165, 1.54) is 24.5 Å². The summed E-state index contributed by atoms with van der Waals surface area (Å²) in [5.41, 5.74) is 1.35. The van der Waals surface area contributed by atoms with Gasteiger partial charge in [0.25, 0.3) is 0 Å². The van der Waals surface area contributed by atoms with Gasteiger partial charge in [0, 0.05) is 11.8 Å². The molecule has 5 heteroatoms. The molecule has 0 saturated heterocycles. The summed E-state index contributed by atoms with van der Waals surface area (Å²) in [6.45, 7) is 1.88. The van der Waals surface area contributed by atoms with E-state index in [4.69, 9.17) is 4.74 Å². The van der Waals surface area contributed by atoms with Gasteiger partial charge in [-0.2, -0.15) is 0 Å². The van der Waals surface area contributed by atoms with E-state index < -0.39 is 11.9 Å². The van der Waals surface area contributed by atoms with Crippen LogP contribution in [0.4, 0.5) is 4.39 Å². The maximum Gasteiger partial charge on any atom is 0.165 e. The summed E-state index contributed by atoms with van der Waals surface area (Å²) in [7, 11) is 1.42. The zero-order chi connectivity index (χ0) is 13.1. The molecule has 3 nitrogen and oxygen atoms in total. The Labute approximate surface area is 109 Å². The number of thiazole rings is 1. The highest BCUT2D eigenvalue weighted by Crippen LogP contribution is 2.23. The molecule has 0 saturated carbocycles. The van der Waals surface area contributed by atoms with Crippen molar-refractivity contribution in [2.45, 2.75) is 19.4 Å². The average molecular weight is 267 g/mol. The fraction of sp³-hybridized carbons (Fsp3) is 0.308. The van der Waals surface area contributed by atoms with E-state index in [1.807, 2.05) is 12.3 Å². The molecule has 0 aliphatic heterocycles. The van der Waals surface area contributed by atoms with Gasteiger partial charge in [-0.1, -0.05) is 6.07 Å². The minimum Gasteiger partial charge on any atom is -0.494 e. The van der Waals surface area contributed by atoms with Crippen molar-refractivity contribution in [2.24, 2.45) is 0 Å². The molecule has 0 aliphatic carbocycles. The van der Waals surface area contributed by atoms with Crippen LogP contribution in [0.5, 0.6) is 5.75 Å². The standard InChI is InChI=1S/C13H14FNO2S/c1-8-15-11(7-18-8)12(16)6-9-3-4-13(17-2)10(14)5-9/h3-5,7,12,16H,6H2,1-2H3. The van der Waals surface area contributed by atoms with Gasteiger partial charge in [-0.15, -0.1) is 11.3 Å². The van der Waals surface area contributed by atoms with Crippen molar-refractivity contribution in [3.8, 4) is 5.75 Å². The number of rotatable bonds is 4. The number of aliphatic hydroxyl groups is 1. The zero-order valence-corrected chi connectivity index (χ0v) is 11.0. The van der Waals surface area contributed by atoms with Crippen molar-refractivity contribution in [3.63, 3.8) is 0 Å². The third kappa shape index (κ3) is 2.86. The quantitative estimate of drug-likeness (QED) is 0.926. The van der Waals surface area contributed by atoms with E-state index in [1.54, 1.807) is 12.1 Å². The van der Waals surface area contributed by atoms with Crippen LogP contribution in [-0.2, 0) is 6.42 Å². The SMILES string of the molecule is COc1ccc(CC(O)c2csc(C)n2)cc1F. The van der Waals surface area contributed by atoms with Gasteiger partial charge < -0.3 is 9.84 Å². The van der Waals surface area contributed by atoms with E-state index in [2.05, 4.69) is 4.98 Å². The smallest absolute Gasteiger partial charge is 0.165 e. The number of ether oxygens (including phenoxy) is 1. The summed E-state index contributed by atoms with van der Waals surface area (Å²) in [4.78, 5) is 4.21. The van der Waals surface area contributed by atoms with Crippen LogP contribution in [0.15, 0.2) is 23.6 Å². The normalized spacial score (nSPS) is 12.4. The van der Waals surface area contributed by atoms with Crippen LogP contribution >= 0.6 is 11.3 Å². The molecular weight excluding hydrogens is 253 g/mol. The molecule has 2 aromatic rings. The summed E-state index contributed by atoms with van der Waals surface area (Å²) in [6.07, 6.45) is -0.368. The van der Waals surface area contributed by atoms with E-state index in [-0.39, 0.29) is 5.75 Å². The van der Waals surface area contributed by atoms with Crippen molar-refractivity contribution < 1.29 is 14.2 Å². The number of methoxy groups -OCH3 is 1. The van der Waals surface area contributed by atoms with Gasteiger partial charge >= 0.3 is 0 Å². The molecule has 1 unspecified atom stereocenters. The Hall–Kier alpha value is -1.46. The van der Waals surface area contributed by atoms with Gasteiger partial charge in [0.2, 0.25) is 0 Å². The lowest BCUT2D eigenvalue weighted by Gasteiger charge is -2.09. The molecular formula is C13H14FNO2S. The fourth-order valence-corrected chi connectivity index (χ4v) is 2.36. The molecule has 1 aromatic carbocycles. The van der Waals surface area contributed by atoms with Crippen molar-refractivity contribution in [1.29, 1.82) is 0 Å². The van der Waals surface area contributed by atoms with Crippen LogP contribution in [-0.4, -0.2) is 17.2 Å². The molecule has 2 rings (SSSR count). The van der Waals surface area contributed by atoms with Crippen molar-refractivity contribution >= 4 is 11.3 Å². The Morgan fingerprint density at radius 2 is 2.28 bits per heavy atom. The number of aromatic nitrogens is 1. The molecule has 1 heterocycles. The number of nitrogens with zero attached hydrogens (tertiary/aromatic N) is 1. The maximum absolute atomic E-state index is 13.5. The highest BCUT2D eigenvalue weighted by molar-refractivity contribution is 7.09. The average Bonchev–Trinajstić information content (AvgIpc) is 2.76. The Morgan fingerprint density at radius 1 is 1.50 bits per heavy atom. The largest absolute Gasteiger partial charge is 0.494 e. The summed E-state index contributed by atoms with van der Waals surface area (Å²) < 4.78 is 18.3. The number of benzene rings is 1. The van der Waals surface area contributed by atoms with Gasteiger partial charge in [0.05, 0.1) is 17.8 Å². The van der Waals surface area contributed by atoms with Crippen LogP contribution in [0.2, 0.25) is 0 Å². The van der Waals surface area contributed by atoms with Crippen LogP contribution in [0, 0.1) is 12.7 Å². The van der Waals surface area contributed by atoms with Crippen LogP contribution < -0.4 is 4.74 Å². The second-order valence-electron chi connectivity index (χ2n) is 3.98. The van der Waals surface area contributed by atoms with Crippen molar-refractivity contribution in [2.75, 3.05) is 7.11 Å². The number of hydrogen-bond acceptors (Lipinski definition) is 4. The first-order chi connectivity index (χ1) is 8.60. The summed E-state index contributed by atoms with van der Waals surface area (Å²) in [6, 6.07) is 4.68. The Balaban J connectivity index is 2.12. The molecule has 0 bridgehead atoms. The predicted octanol–water partition coefficient (Wildman–Crippen LogP) is 2.88. The molecule has 0 radical (unpaired) electrons. The van der Waals surface area contributed by atoms with E-state index in [0.29, 0.717) is 17.7 Å². The lowest BCUT2D eigenvalue weighted by atomic mass is 10.1. The second kappa shape index (κ2) is 5.46. The molecule has 1 aromatic heterocycles. The summed E-state index contributed by atoms with van der Waals surface area (Å²) in [5, 5.41) is 12.7. The van der Waals surface area contributed by atoms with Crippen molar-refractivity contribution in [3.05, 3.63) is 45.7 Å². The van der Waals surface area contributed by atoms with E-state index in [0.717, 1.165) is 5.01 Å². The molecule has 1 N–H and O–H groups in total. The molecule has 1 atom stereocenters. The Kier molecular flexibility index (Phi) is 3.93. The van der Waals surface area contributed by atoms with Gasteiger partial charge in [0.1, 0.15) is 6.10 Å². The number of aryl methyl sites for hydroxylation is 1. The summed E-state index contributed by atoms with van der Waals surface area (Å²) >= 11 is 1.49. The van der Waals surface area contributed by atoms with Crippen molar-refractivity contribution in [1.82, 2.24) is 4.98 Å². The highest BCUT2D eigenvalue weighted by atomic mass is 32.1. The van der Waals surface area contributed by atoms with Gasteiger partial charge in [0.15, 0.2) is 11.6 Å². The third-order valence-corrected chi connectivity index (χ3v) is 3.42. The second-order valence-corrected chi connectivity index (χ2v) is 5.04. The van der Waals surface area contributed by atoms with Crippen LogP contribution in [0.1, 0.15) is 22.4 Å². The monoisotopic (exact) mass is 267 g/mol. The first kappa shape index (κ1) is 13.0. The predicted molar refractivity (Wildman–Crippen MR) is 68.5 cm³/mol. The topological polar surface area (TPSA) is 42.4 Å². The first-order valence-electron chi connectivity index (χ1n) is 5.52. The first-order valence-corrected chi connectivity index (χ1v) is 6.40.